The van der Waals surface area contributed by atoms with Crippen molar-refractivity contribution in [1.82, 2.24) is 15.3 Å². The number of nitrogens with one attached hydrogen (secondary N) is 3. The number of hydrogen-bond donors (Lipinski definition) is 3. The second-order valence-electron chi connectivity index (χ2n) is 4.39. The number of fused-ring (bicyclic) bond motifs is 1. The summed E-state index contributed by atoms with van der Waals surface area (Å²) in [5, 5.41) is 6.40. The normalized spacial score (nSPS) is 15.7. The van der Waals surface area contributed by atoms with Crippen molar-refractivity contribution >= 4 is 5.95 Å². The van der Waals surface area contributed by atoms with Crippen LogP contribution in [0.3, 0.4) is 0 Å². The maximum Gasteiger partial charge on any atom is 0.255 e. The molecule has 0 aliphatic carbocycles. The van der Waals surface area contributed by atoms with Gasteiger partial charge < -0.3 is 10.6 Å². The van der Waals surface area contributed by atoms with Gasteiger partial charge in [-0.2, -0.15) is 0 Å². The van der Waals surface area contributed by atoms with Crippen molar-refractivity contribution in [2.45, 2.75) is 32.7 Å². The molecule has 5 nitrogen and oxygen atoms in total. The maximum absolute atomic E-state index is 11.9. The number of anilines is 1. The van der Waals surface area contributed by atoms with Gasteiger partial charge in [0.1, 0.15) is 0 Å². The maximum atomic E-state index is 11.9. The second-order valence-corrected chi connectivity index (χ2v) is 4.39. The minimum Gasteiger partial charge on any atom is -0.354 e. The molecule has 0 unspecified atom stereocenters. The molecule has 1 aliphatic rings. The molecule has 0 atom stereocenters. The zero-order chi connectivity index (χ0) is 11.5. The van der Waals surface area contributed by atoms with Gasteiger partial charge in [-0.3, -0.25) is 9.78 Å². The lowest BCUT2D eigenvalue weighted by Crippen LogP contribution is -2.22. The molecule has 1 aliphatic heterocycles. The molecule has 3 N–H and O–H groups in total. The van der Waals surface area contributed by atoms with Crippen molar-refractivity contribution in [1.29, 1.82) is 0 Å². The summed E-state index contributed by atoms with van der Waals surface area (Å²) in [6, 6.07) is 0.269. The van der Waals surface area contributed by atoms with Gasteiger partial charge >= 0.3 is 0 Å². The van der Waals surface area contributed by atoms with Crippen molar-refractivity contribution in [3.8, 4) is 0 Å². The summed E-state index contributed by atoms with van der Waals surface area (Å²) in [5.74, 6) is 0.584. The van der Waals surface area contributed by atoms with Crippen molar-refractivity contribution in [2.24, 2.45) is 0 Å². The van der Waals surface area contributed by atoms with Gasteiger partial charge in [0.15, 0.2) is 0 Å². The molecular weight excluding hydrogens is 204 g/mol. The summed E-state index contributed by atoms with van der Waals surface area (Å²) in [4.78, 5) is 19.1. The summed E-state index contributed by atoms with van der Waals surface area (Å²) in [5.41, 5.74) is 1.76. The smallest absolute Gasteiger partial charge is 0.255 e. The van der Waals surface area contributed by atoms with Crippen LogP contribution in [0.2, 0.25) is 0 Å². The molecule has 2 heterocycles. The van der Waals surface area contributed by atoms with E-state index in [0.717, 1.165) is 37.2 Å². The molecule has 2 rings (SSSR count). The zero-order valence-electron chi connectivity index (χ0n) is 9.76. The predicted octanol–water partition coefficient (Wildman–Crippen LogP) is 0.278. The third kappa shape index (κ3) is 2.41. The highest BCUT2D eigenvalue weighted by atomic mass is 16.1. The molecule has 16 heavy (non-hydrogen) atoms. The van der Waals surface area contributed by atoms with Gasteiger partial charge in [0.05, 0.1) is 5.69 Å². The highest BCUT2D eigenvalue weighted by molar-refractivity contribution is 5.31. The fourth-order valence-corrected chi connectivity index (χ4v) is 1.90. The fraction of sp³-hybridized carbons (Fsp3) is 0.636. The Hall–Kier alpha value is -1.36. The minimum absolute atomic E-state index is 0.00292. The van der Waals surface area contributed by atoms with E-state index in [4.69, 9.17) is 0 Å². The first-order chi connectivity index (χ1) is 7.66. The molecule has 0 bridgehead atoms. The third-order valence-electron chi connectivity index (χ3n) is 2.62. The van der Waals surface area contributed by atoms with Crippen molar-refractivity contribution < 1.29 is 0 Å². The standard InChI is InChI=1S/C11H18N4O/c1-7(2)13-11-14-9-4-6-12-5-3-8(9)10(16)15-11/h7,12H,3-6H2,1-2H3,(H2,13,14,15,16). The average Bonchev–Trinajstić information content (AvgIpc) is 2.41. The molecule has 5 heteroatoms. The Kier molecular flexibility index (Phi) is 3.24. The Morgan fingerprint density at radius 3 is 2.81 bits per heavy atom. The van der Waals surface area contributed by atoms with Crippen LogP contribution in [0, 0.1) is 0 Å². The Morgan fingerprint density at radius 2 is 2.06 bits per heavy atom. The second kappa shape index (κ2) is 4.65. The summed E-state index contributed by atoms with van der Waals surface area (Å²) < 4.78 is 0. The highest BCUT2D eigenvalue weighted by Gasteiger charge is 2.14. The van der Waals surface area contributed by atoms with Gasteiger partial charge in [-0.1, -0.05) is 0 Å². The molecular formula is C11H18N4O. The van der Waals surface area contributed by atoms with Crippen LogP contribution in [0.1, 0.15) is 25.1 Å². The Balaban J connectivity index is 2.36. The summed E-state index contributed by atoms with van der Waals surface area (Å²) in [6.45, 7) is 5.79. The van der Waals surface area contributed by atoms with Gasteiger partial charge in [0.2, 0.25) is 5.95 Å². The number of aromatic nitrogens is 2. The van der Waals surface area contributed by atoms with Crippen molar-refractivity contribution in [3.63, 3.8) is 0 Å². The average molecular weight is 222 g/mol. The molecule has 0 spiro atoms. The van der Waals surface area contributed by atoms with Crippen LogP contribution in [0.15, 0.2) is 4.79 Å². The molecule has 1 aromatic heterocycles. The molecule has 0 radical (unpaired) electrons. The Labute approximate surface area is 94.7 Å². The highest BCUT2D eigenvalue weighted by Crippen LogP contribution is 2.08. The van der Waals surface area contributed by atoms with E-state index in [-0.39, 0.29) is 11.6 Å². The van der Waals surface area contributed by atoms with Crippen LogP contribution in [0.4, 0.5) is 5.95 Å². The molecule has 0 saturated carbocycles. The fourth-order valence-electron chi connectivity index (χ4n) is 1.90. The zero-order valence-corrected chi connectivity index (χ0v) is 9.76. The summed E-state index contributed by atoms with van der Waals surface area (Å²) in [6.07, 6.45) is 1.59. The topological polar surface area (TPSA) is 69.8 Å². The van der Waals surface area contributed by atoms with Gasteiger partial charge in [0.25, 0.3) is 5.56 Å². The molecule has 0 aromatic carbocycles. The first-order valence-corrected chi connectivity index (χ1v) is 5.76. The lowest BCUT2D eigenvalue weighted by molar-refractivity contribution is 0.708. The first kappa shape index (κ1) is 11.1. The third-order valence-corrected chi connectivity index (χ3v) is 2.62. The Bertz CT molecular complexity index is 424. The molecule has 1 aromatic rings. The molecule has 88 valence electrons. The number of aromatic amines is 1. The molecule has 0 amide bonds. The molecule has 0 saturated heterocycles. The van der Waals surface area contributed by atoms with E-state index in [1.165, 1.54) is 0 Å². The number of nitrogens with zero attached hydrogens (tertiary/aromatic N) is 1. The van der Waals surface area contributed by atoms with E-state index in [1.807, 2.05) is 13.8 Å². The predicted molar refractivity (Wildman–Crippen MR) is 63.9 cm³/mol. The van der Waals surface area contributed by atoms with Crippen LogP contribution in [0.25, 0.3) is 0 Å². The lowest BCUT2D eigenvalue weighted by Gasteiger charge is -2.11. The van der Waals surface area contributed by atoms with E-state index in [2.05, 4.69) is 20.6 Å². The van der Waals surface area contributed by atoms with E-state index in [1.54, 1.807) is 0 Å². The largest absolute Gasteiger partial charge is 0.354 e. The van der Waals surface area contributed by atoms with Gasteiger partial charge in [-0.15, -0.1) is 0 Å². The van der Waals surface area contributed by atoms with E-state index < -0.39 is 0 Å². The first-order valence-electron chi connectivity index (χ1n) is 5.76. The van der Waals surface area contributed by atoms with Gasteiger partial charge in [-0.05, 0) is 26.8 Å². The van der Waals surface area contributed by atoms with Crippen LogP contribution in [-0.2, 0) is 12.8 Å². The van der Waals surface area contributed by atoms with Gasteiger partial charge in [-0.25, -0.2) is 4.98 Å². The van der Waals surface area contributed by atoms with E-state index in [9.17, 15) is 4.79 Å². The van der Waals surface area contributed by atoms with Crippen molar-refractivity contribution in [3.05, 3.63) is 21.6 Å². The van der Waals surface area contributed by atoms with Gasteiger partial charge in [0, 0.05) is 24.6 Å². The van der Waals surface area contributed by atoms with Crippen LogP contribution in [-0.4, -0.2) is 29.1 Å². The van der Waals surface area contributed by atoms with E-state index in [0.29, 0.717) is 5.95 Å². The number of rotatable bonds is 2. The minimum atomic E-state index is -0.00292. The van der Waals surface area contributed by atoms with E-state index >= 15 is 0 Å². The quantitative estimate of drug-likeness (QED) is 0.672. The number of hydrogen-bond acceptors (Lipinski definition) is 4. The number of H-pyrrole nitrogens is 1. The van der Waals surface area contributed by atoms with Crippen LogP contribution < -0.4 is 16.2 Å². The molecule has 0 fully saturated rings. The van der Waals surface area contributed by atoms with Crippen LogP contribution in [0.5, 0.6) is 0 Å². The summed E-state index contributed by atoms with van der Waals surface area (Å²) in [7, 11) is 0. The summed E-state index contributed by atoms with van der Waals surface area (Å²) >= 11 is 0. The SMILES string of the molecule is CC(C)Nc1nc2c(c(=O)[nH]1)CCNCC2. The lowest BCUT2D eigenvalue weighted by atomic mass is 10.1. The Morgan fingerprint density at radius 1 is 1.31 bits per heavy atom. The van der Waals surface area contributed by atoms with Crippen molar-refractivity contribution in [2.75, 3.05) is 18.4 Å². The monoisotopic (exact) mass is 222 g/mol. The van der Waals surface area contributed by atoms with Crippen LogP contribution >= 0.6 is 0 Å².